The van der Waals surface area contributed by atoms with Gasteiger partial charge >= 0.3 is 0 Å². The molecule has 0 bridgehead atoms. The molecule has 3 aromatic rings. The summed E-state index contributed by atoms with van der Waals surface area (Å²) in [6.07, 6.45) is 0. The van der Waals surface area contributed by atoms with Crippen molar-refractivity contribution in [2.45, 2.75) is 6.61 Å². The zero-order valence-electron chi connectivity index (χ0n) is 16.7. The Balaban J connectivity index is 1.41. The van der Waals surface area contributed by atoms with E-state index >= 15 is 0 Å². The van der Waals surface area contributed by atoms with Gasteiger partial charge in [-0.3, -0.25) is 25.2 Å². The number of carbonyl (C=O) groups excluding carboxylic acids is 3. The van der Waals surface area contributed by atoms with Crippen molar-refractivity contribution in [1.82, 2.24) is 16.2 Å². The van der Waals surface area contributed by atoms with Crippen molar-refractivity contribution in [1.29, 1.82) is 0 Å². The summed E-state index contributed by atoms with van der Waals surface area (Å²) in [5.41, 5.74) is 6.09. The highest BCUT2D eigenvalue weighted by molar-refractivity contribution is 6.31. The first kappa shape index (κ1) is 23.1. The molecule has 3 rings (SSSR count). The van der Waals surface area contributed by atoms with Gasteiger partial charge in [0.25, 0.3) is 17.7 Å². The van der Waals surface area contributed by atoms with E-state index in [1.54, 1.807) is 66.7 Å². The van der Waals surface area contributed by atoms with Crippen LogP contribution in [0.25, 0.3) is 0 Å². The van der Waals surface area contributed by atoms with E-state index in [0.29, 0.717) is 33.5 Å². The minimum atomic E-state index is -0.582. The zero-order valence-corrected chi connectivity index (χ0v) is 18.2. The lowest BCUT2D eigenvalue weighted by Gasteiger charge is -2.10. The van der Waals surface area contributed by atoms with Gasteiger partial charge in [-0.15, -0.1) is 0 Å². The molecule has 0 heterocycles. The fourth-order valence-corrected chi connectivity index (χ4v) is 2.90. The number of amides is 3. The summed E-state index contributed by atoms with van der Waals surface area (Å²) in [4.78, 5) is 36.1. The lowest BCUT2D eigenvalue weighted by molar-refractivity contribution is -0.120. The van der Waals surface area contributed by atoms with Gasteiger partial charge in [-0.2, -0.15) is 0 Å². The number of hydrogen-bond acceptors (Lipinski definition) is 4. The predicted octanol–water partition coefficient (Wildman–Crippen LogP) is 3.76. The highest BCUT2D eigenvalue weighted by atomic mass is 35.5. The monoisotopic (exact) mass is 471 g/mol. The first-order valence-corrected chi connectivity index (χ1v) is 10.3. The summed E-state index contributed by atoms with van der Waals surface area (Å²) in [5, 5.41) is 3.49. The average Bonchev–Trinajstić information content (AvgIpc) is 2.81. The highest BCUT2D eigenvalue weighted by Crippen LogP contribution is 2.17. The van der Waals surface area contributed by atoms with E-state index in [1.165, 1.54) is 6.07 Å². The first-order chi connectivity index (χ1) is 15.4. The molecule has 0 aliphatic carbocycles. The van der Waals surface area contributed by atoms with Crippen LogP contribution < -0.4 is 20.9 Å². The molecule has 9 heteroatoms. The van der Waals surface area contributed by atoms with Crippen LogP contribution in [-0.2, 0) is 11.4 Å². The minimum Gasteiger partial charge on any atom is -0.489 e. The molecule has 0 atom stereocenters. The van der Waals surface area contributed by atoms with E-state index < -0.39 is 17.7 Å². The van der Waals surface area contributed by atoms with Crippen LogP contribution >= 0.6 is 23.2 Å². The van der Waals surface area contributed by atoms with Crippen LogP contribution in [0.5, 0.6) is 5.75 Å². The maximum atomic E-state index is 12.2. The molecule has 0 saturated carbocycles. The van der Waals surface area contributed by atoms with Gasteiger partial charge in [0.05, 0.1) is 6.54 Å². The normalized spacial score (nSPS) is 10.2. The van der Waals surface area contributed by atoms with Gasteiger partial charge in [0.15, 0.2) is 0 Å². The van der Waals surface area contributed by atoms with Gasteiger partial charge in [-0.25, -0.2) is 0 Å². The summed E-state index contributed by atoms with van der Waals surface area (Å²) in [5.74, 6) is -0.849. The third-order valence-electron chi connectivity index (χ3n) is 4.25. The minimum absolute atomic E-state index is 0.313. The Morgan fingerprint density at radius 2 is 1.47 bits per heavy atom. The Bertz CT molecular complexity index is 1100. The van der Waals surface area contributed by atoms with E-state index in [0.717, 1.165) is 5.56 Å². The smallest absolute Gasteiger partial charge is 0.269 e. The molecule has 0 fully saturated rings. The number of ether oxygens (including phenoxy) is 1. The molecule has 3 aromatic carbocycles. The molecule has 0 aliphatic rings. The maximum Gasteiger partial charge on any atom is 0.269 e. The number of halogens is 2. The molecule has 0 saturated heterocycles. The number of nitrogens with one attached hydrogen (secondary N) is 3. The Kier molecular flexibility index (Phi) is 8.08. The van der Waals surface area contributed by atoms with Crippen LogP contribution in [0.4, 0.5) is 0 Å². The van der Waals surface area contributed by atoms with Gasteiger partial charge in [0.2, 0.25) is 0 Å². The largest absolute Gasteiger partial charge is 0.489 e. The van der Waals surface area contributed by atoms with Gasteiger partial charge in [0.1, 0.15) is 12.4 Å². The molecule has 0 unspecified atom stereocenters. The van der Waals surface area contributed by atoms with Crippen molar-refractivity contribution in [3.05, 3.63) is 99.5 Å². The predicted molar refractivity (Wildman–Crippen MR) is 122 cm³/mol. The van der Waals surface area contributed by atoms with E-state index in [2.05, 4.69) is 16.2 Å². The van der Waals surface area contributed by atoms with Crippen molar-refractivity contribution < 1.29 is 19.1 Å². The topological polar surface area (TPSA) is 96.5 Å². The van der Waals surface area contributed by atoms with Crippen LogP contribution in [0.2, 0.25) is 10.0 Å². The van der Waals surface area contributed by atoms with Crippen molar-refractivity contribution in [2.75, 3.05) is 6.54 Å². The van der Waals surface area contributed by atoms with Crippen molar-refractivity contribution in [2.24, 2.45) is 0 Å². The van der Waals surface area contributed by atoms with Crippen molar-refractivity contribution >= 4 is 40.9 Å². The van der Waals surface area contributed by atoms with E-state index in [-0.39, 0.29) is 6.54 Å². The lowest BCUT2D eigenvalue weighted by atomic mass is 10.1. The van der Waals surface area contributed by atoms with Crippen LogP contribution in [0, 0.1) is 0 Å². The van der Waals surface area contributed by atoms with E-state index in [1.807, 2.05) is 0 Å². The zero-order chi connectivity index (χ0) is 22.9. The van der Waals surface area contributed by atoms with Gasteiger partial charge in [0, 0.05) is 21.2 Å². The quantitative estimate of drug-likeness (QED) is 0.457. The second kappa shape index (κ2) is 11.2. The Hall–Kier alpha value is -3.55. The molecule has 0 aliphatic heterocycles. The van der Waals surface area contributed by atoms with E-state index in [9.17, 15) is 14.4 Å². The SMILES string of the molecule is O=C(CNC(=O)c1cccc(Cl)c1)NNC(=O)c1ccc(COc2ccc(Cl)cc2)cc1. The molecule has 0 spiro atoms. The molecule has 3 amide bonds. The molecule has 0 aromatic heterocycles. The molecule has 3 N–H and O–H groups in total. The van der Waals surface area contributed by atoms with Crippen LogP contribution in [0.15, 0.2) is 72.8 Å². The first-order valence-electron chi connectivity index (χ1n) is 9.51. The number of carbonyl (C=O) groups is 3. The Morgan fingerprint density at radius 1 is 0.750 bits per heavy atom. The fraction of sp³-hybridized carbons (Fsp3) is 0.0870. The van der Waals surface area contributed by atoms with Gasteiger partial charge < -0.3 is 10.1 Å². The molecule has 164 valence electrons. The maximum absolute atomic E-state index is 12.2. The highest BCUT2D eigenvalue weighted by Gasteiger charge is 2.10. The lowest BCUT2D eigenvalue weighted by Crippen LogP contribution is -2.46. The number of benzene rings is 3. The number of hydrazine groups is 1. The summed E-state index contributed by atoms with van der Waals surface area (Å²) in [6, 6.07) is 20.1. The van der Waals surface area contributed by atoms with Crippen molar-refractivity contribution in [3.8, 4) is 5.75 Å². The standard InChI is InChI=1S/C23H19Cl2N3O4/c24-18-8-10-20(11-9-18)32-14-15-4-6-16(7-5-15)23(31)28-27-21(29)13-26-22(30)17-2-1-3-19(25)12-17/h1-12H,13-14H2,(H,26,30)(H,27,29)(H,28,31). The third-order valence-corrected chi connectivity index (χ3v) is 4.73. The Labute approximate surface area is 194 Å². The molecule has 32 heavy (non-hydrogen) atoms. The third kappa shape index (κ3) is 7.01. The van der Waals surface area contributed by atoms with Gasteiger partial charge in [-0.05, 0) is 60.2 Å². The summed E-state index contributed by atoms with van der Waals surface area (Å²) >= 11 is 11.7. The summed E-state index contributed by atoms with van der Waals surface area (Å²) in [7, 11) is 0. The fourth-order valence-electron chi connectivity index (χ4n) is 2.59. The molecule has 7 nitrogen and oxygen atoms in total. The summed E-state index contributed by atoms with van der Waals surface area (Å²) < 4.78 is 5.65. The second-order valence-electron chi connectivity index (χ2n) is 6.63. The van der Waals surface area contributed by atoms with E-state index in [4.69, 9.17) is 27.9 Å². The van der Waals surface area contributed by atoms with Crippen molar-refractivity contribution in [3.63, 3.8) is 0 Å². The van der Waals surface area contributed by atoms with Gasteiger partial charge in [-0.1, -0.05) is 41.4 Å². The van der Waals surface area contributed by atoms with Crippen LogP contribution in [0.1, 0.15) is 26.3 Å². The Morgan fingerprint density at radius 3 is 2.16 bits per heavy atom. The summed E-state index contributed by atoms with van der Waals surface area (Å²) in [6.45, 7) is 0.0131. The second-order valence-corrected chi connectivity index (χ2v) is 7.51. The number of rotatable bonds is 7. The molecular weight excluding hydrogens is 453 g/mol. The molecular formula is C23H19Cl2N3O4. The molecule has 0 radical (unpaired) electrons. The number of hydrogen-bond donors (Lipinski definition) is 3. The van der Waals surface area contributed by atoms with Crippen LogP contribution in [-0.4, -0.2) is 24.3 Å². The van der Waals surface area contributed by atoms with Crippen LogP contribution in [0.3, 0.4) is 0 Å². The average molecular weight is 472 g/mol.